The van der Waals surface area contributed by atoms with Gasteiger partial charge < -0.3 is 24.4 Å². The van der Waals surface area contributed by atoms with Crippen LogP contribution in [0.2, 0.25) is 0 Å². The van der Waals surface area contributed by atoms with E-state index >= 15 is 0 Å². The molecule has 3 aromatic rings. The number of aliphatic hydroxyl groups excluding tert-OH is 2. The molecule has 39 heavy (non-hydrogen) atoms. The third-order valence-electron chi connectivity index (χ3n) is 6.10. The molecule has 0 aliphatic rings. The number of aromatic nitrogens is 1. The Balaban J connectivity index is 2.06. The van der Waals surface area contributed by atoms with Crippen molar-refractivity contribution in [2.75, 3.05) is 13.7 Å². The Bertz CT molecular complexity index is 1240. The van der Waals surface area contributed by atoms with E-state index in [4.69, 9.17) is 14.2 Å². The Hall–Kier alpha value is -3.75. The minimum Gasteiger partial charge on any atom is -0.493 e. The highest BCUT2D eigenvalue weighted by Gasteiger charge is 2.23. The molecule has 0 aliphatic heterocycles. The molecular formula is C31H36FNO6. The number of rotatable bonds is 13. The number of aliphatic hydroxyl groups is 2. The number of hydrogen-bond donors (Lipinski definition) is 2. The largest absolute Gasteiger partial charge is 0.493 e. The Labute approximate surface area is 228 Å². The van der Waals surface area contributed by atoms with E-state index in [2.05, 4.69) is 4.98 Å². The Morgan fingerprint density at radius 1 is 1.15 bits per heavy atom. The smallest absolute Gasteiger partial charge is 0.308 e. The van der Waals surface area contributed by atoms with Gasteiger partial charge in [-0.1, -0.05) is 44.2 Å². The van der Waals surface area contributed by atoms with Crippen molar-refractivity contribution in [2.45, 2.75) is 58.3 Å². The second kappa shape index (κ2) is 14.4. The summed E-state index contributed by atoms with van der Waals surface area (Å²) in [5, 5.41) is 20.9. The maximum absolute atomic E-state index is 13.9. The van der Waals surface area contributed by atoms with Gasteiger partial charge >= 0.3 is 5.97 Å². The first-order valence-corrected chi connectivity index (χ1v) is 13.0. The molecule has 0 saturated heterocycles. The molecule has 0 radical (unpaired) electrons. The summed E-state index contributed by atoms with van der Waals surface area (Å²) in [7, 11) is 1.56. The molecule has 0 spiro atoms. The number of nitrogens with zero attached hydrogens (tertiary/aromatic N) is 1. The Morgan fingerprint density at radius 2 is 1.90 bits per heavy atom. The average molecular weight is 538 g/mol. The van der Waals surface area contributed by atoms with Crippen LogP contribution in [0, 0.1) is 5.82 Å². The lowest BCUT2D eigenvalue weighted by molar-refractivity contribution is -0.145. The van der Waals surface area contributed by atoms with Crippen molar-refractivity contribution in [3.8, 4) is 22.6 Å². The van der Waals surface area contributed by atoms with Crippen LogP contribution in [0.15, 0.2) is 60.9 Å². The van der Waals surface area contributed by atoms with Crippen molar-refractivity contribution in [2.24, 2.45) is 0 Å². The van der Waals surface area contributed by atoms with Gasteiger partial charge in [0.1, 0.15) is 12.4 Å². The van der Waals surface area contributed by atoms with Crippen LogP contribution in [-0.2, 0) is 16.1 Å². The van der Waals surface area contributed by atoms with Crippen LogP contribution >= 0.6 is 0 Å². The zero-order valence-corrected chi connectivity index (χ0v) is 22.8. The lowest BCUT2D eigenvalue weighted by Gasteiger charge is -2.23. The predicted octanol–water partition coefficient (Wildman–Crippen LogP) is 5.68. The first-order valence-electron chi connectivity index (χ1n) is 13.0. The molecule has 0 bridgehead atoms. The van der Waals surface area contributed by atoms with Crippen molar-refractivity contribution in [3.05, 3.63) is 83.4 Å². The zero-order valence-electron chi connectivity index (χ0n) is 22.8. The van der Waals surface area contributed by atoms with Crippen LogP contribution in [0.25, 0.3) is 17.2 Å². The molecule has 3 rings (SSSR count). The van der Waals surface area contributed by atoms with Crippen molar-refractivity contribution in [1.82, 2.24) is 4.98 Å². The van der Waals surface area contributed by atoms with Crippen LogP contribution in [0.4, 0.5) is 4.39 Å². The summed E-state index contributed by atoms with van der Waals surface area (Å²) < 4.78 is 30.8. The summed E-state index contributed by atoms with van der Waals surface area (Å²) in [4.78, 5) is 15.8. The SMILES string of the molecule is CCOC(=O)CC(O)CC(O)/C=C/c1c(C(C)C)cc(OC)c(OCc2cccnc2)c1-c1ccc(F)cc1. The molecule has 1 heterocycles. The number of benzene rings is 2. The second-order valence-corrected chi connectivity index (χ2v) is 9.42. The van der Waals surface area contributed by atoms with E-state index in [1.54, 1.807) is 50.7 Å². The van der Waals surface area contributed by atoms with E-state index in [0.717, 1.165) is 16.7 Å². The number of methoxy groups -OCH3 is 1. The number of pyridine rings is 1. The highest BCUT2D eigenvalue weighted by atomic mass is 19.1. The summed E-state index contributed by atoms with van der Waals surface area (Å²) in [6.45, 7) is 6.22. The third kappa shape index (κ3) is 8.37. The number of halogens is 1. The lowest BCUT2D eigenvalue weighted by Crippen LogP contribution is -2.20. The molecule has 2 aromatic carbocycles. The number of carbonyl (C=O) groups is 1. The number of carbonyl (C=O) groups excluding carboxylic acids is 1. The van der Waals surface area contributed by atoms with Crippen LogP contribution in [-0.4, -0.2) is 47.1 Å². The van der Waals surface area contributed by atoms with Crippen LogP contribution < -0.4 is 9.47 Å². The molecule has 2 atom stereocenters. The summed E-state index contributed by atoms with van der Waals surface area (Å²) in [6, 6.07) is 11.7. The first kappa shape index (κ1) is 29.8. The number of ether oxygens (including phenoxy) is 3. The van der Waals surface area contributed by atoms with E-state index in [1.807, 2.05) is 32.0 Å². The van der Waals surface area contributed by atoms with Gasteiger partial charge in [-0.25, -0.2) is 4.39 Å². The molecule has 1 aromatic heterocycles. The molecule has 208 valence electrons. The van der Waals surface area contributed by atoms with Gasteiger partial charge in [-0.15, -0.1) is 0 Å². The van der Waals surface area contributed by atoms with Gasteiger partial charge in [0, 0.05) is 29.9 Å². The van der Waals surface area contributed by atoms with Gasteiger partial charge in [0.25, 0.3) is 0 Å². The van der Waals surface area contributed by atoms with E-state index in [9.17, 15) is 19.4 Å². The molecule has 2 N–H and O–H groups in total. The average Bonchev–Trinajstić information content (AvgIpc) is 2.91. The second-order valence-electron chi connectivity index (χ2n) is 9.42. The van der Waals surface area contributed by atoms with Crippen molar-refractivity contribution < 1.29 is 33.6 Å². The van der Waals surface area contributed by atoms with E-state index in [-0.39, 0.29) is 37.8 Å². The summed E-state index contributed by atoms with van der Waals surface area (Å²) in [6.07, 6.45) is 4.40. The van der Waals surface area contributed by atoms with Crippen molar-refractivity contribution in [1.29, 1.82) is 0 Å². The normalized spacial score (nSPS) is 12.9. The fourth-order valence-corrected chi connectivity index (χ4v) is 4.23. The van der Waals surface area contributed by atoms with Gasteiger partial charge in [0.05, 0.1) is 32.3 Å². The first-order chi connectivity index (χ1) is 18.7. The van der Waals surface area contributed by atoms with Crippen LogP contribution in [0.5, 0.6) is 11.5 Å². The molecule has 0 saturated carbocycles. The van der Waals surface area contributed by atoms with Crippen LogP contribution in [0.1, 0.15) is 56.2 Å². The minimum absolute atomic E-state index is 0.0429. The Kier molecular flexibility index (Phi) is 11.0. The predicted molar refractivity (Wildman–Crippen MR) is 148 cm³/mol. The fourth-order valence-electron chi connectivity index (χ4n) is 4.23. The van der Waals surface area contributed by atoms with Gasteiger partial charge in [-0.05, 0) is 53.8 Å². The molecule has 7 nitrogen and oxygen atoms in total. The minimum atomic E-state index is -1.06. The quantitative estimate of drug-likeness (QED) is 0.271. The Morgan fingerprint density at radius 3 is 2.51 bits per heavy atom. The summed E-state index contributed by atoms with van der Waals surface area (Å²) in [5.41, 5.74) is 3.93. The van der Waals surface area contributed by atoms with Gasteiger partial charge in [0.2, 0.25) is 0 Å². The molecule has 0 aliphatic carbocycles. The van der Waals surface area contributed by atoms with Gasteiger partial charge in [-0.3, -0.25) is 9.78 Å². The highest BCUT2D eigenvalue weighted by molar-refractivity contribution is 5.85. The summed E-state index contributed by atoms with van der Waals surface area (Å²) in [5.74, 6) is 0.161. The van der Waals surface area contributed by atoms with E-state index < -0.39 is 18.2 Å². The maximum Gasteiger partial charge on any atom is 0.308 e. The topological polar surface area (TPSA) is 98.1 Å². The zero-order chi connectivity index (χ0) is 28.4. The van der Waals surface area contributed by atoms with Gasteiger partial charge in [-0.2, -0.15) is 0 Å². The fraction of sp³-hybridized carbons (Fsp3) is 0.355. The highest BCUT2D eigenvalue weighted by Crippen LogP contribution is 2.45. The number of hydrogen-bond acceptors (Lipinski definition) is 7. The maximum atomic E-state index is 13.9. The molecule has 0 amide bonds. The number of esters is 1. The van der Waals surface area contributed by atoms with Crippen molar-refractivity contribution >= 4 is 12.0 Å². The van der Waals surface area contributed by atoms with Gasteiger partial charge in [0.15, 0.2) is 11.5 Å². The molecule has 0 fully saturated rings. The molecular weight excluding hydrogens is 501 g/mol. The third-order valence-corrected chi connectivity index (χ3v) is 6.10. The van der Waals surface area contributed by atoms with E-state index in [0.29, 0.717) is 22.6 Å². The monoisotopic (exact) mass is 537 g/mol. The van der Waals surface area contributed by atoms with Crippen LogP contribution in [0.3, 0.4) is 0 Å². The van der Waals surface area contributed by atoms with E-state index in [1.165, 1.54) is 12.1 Å². The standard InChI is InChI=1S/C31H36FNO6/c1-5-38-29(36)16-25(35)15-24(34)12-13-26-27(20(2)3)17-28(37-4)31(39-19-21-7-6-14-33-18-21)30(26)22-8-10-23(32)11-9-22/h6-14,17-18,20,24-25,34-35H,5,15-16,19H2,1-4H3/b13-12+. The molecule has 2 unspecified atom stereocenters. The lowest BCUT2D eigenvalue weighted by atomic mass is 9.88. The van der Waals surface area contributed by atoms with Crippen molar-refractivity contribution in [3.63, 3.8) is 0 Å². The summed E-state index contributed by atoms with van der Waals surface area (Å²) >= 11 is 0. The molecule has 8 heteroatoms.